The number of hydrogen-bond acceptors (Lipinski definition) is 3. The van der Waals surface area contributed by atoms with Gasteiger partial charge in [0, 0.05) is 22.4 Å². The highest BCUT2D eigenvalue weighted by Crippen LogP contribution is 2.30. The number of alkyl halides is 3. The van der Waals surface area contributed by atoms with Crippen LogP contribution in [0.25, 0.3) is 0 Å². The predicted molar refractivity (Wildman–Crippen MR) is 51.8 cm³/mol. The van der Waals surface area contributed by atoms with Crippen LogP contribution in [0, 0.1) is 0 Å². The molecule has 0 atom stereocenters. The van der Waals surface area contributed by atoms with Gasteiger partial charge < -0.3 is 0 Å². The summed E-state index contributed by atoms with van der Waals surface area (Å²) in [6.07, 6.45) is -1.89. The Morgan fingerprint density at radius 3 is 2.47 bits per heavy atom. The third kappa shape index (κ3) is 2.76. The minimum atomic E-state index is -4.28. The summed E-state index contributed by atoms with van der Waals surface area (Å²) < 4.78 is 47.1. The summed E-state index contributed by atoms with van der Waals surface area (Å²) in [6, 6.07) is 0.899. The predicted octanol–water partition coefficient (Wildman–Crippen LogP) is 2.69. The standard InChI is InChI=1S/C7H5Cl2F2NO2S/c8-3-5-6(15(9,13)14)4(7(10)11)1-2-12-5/h1-2,7H,3H2. The molecule has 1 heterocycles. The van der Waals surface area contributed by atoms with Crippen molar-refractivity contribution < 1.29 is 17.2 Å². The van der Waals surface area contributed by atoms with Crippen molar-refractivity contribution in [2.24, 2.45) is 0 Å². The zero-order valence-electron chi connectivity index (χ0n) is 7.12. The van der Waals surface area contributed by atoms with E-state index < -0.39 is 25.9 Å². The molecule has 1 rings (SSSR count). The third-order valence-corrected chi connectivity index (χ3v) is 3.29. The van der Waals surface area contributed by atoms with Crippen molar-refractivity contribution in [2.45, 2.75) is 17.2 Å². The van der Waals surface area contributed by atoms with Crippen LogP contribution >= 0.6 is 22.3 Å². The minimum Gasteiger partial charge on any atom is -0.259 e. The van der Waals surface area contributed by atoms with Crippen LogP contribution in [0.2, 0.25) is 0 Å². The van der Waals surface area contributed by atoms with Gasteiger partial charge in [-0.15, -0.1) is 11.6 Å². The Balaban J connectivity index is 3.55. The zero-order valence-corrected chi connectivity index (χ0v) is 9.45. The van der Waals surface area contributed by atoms with Crippen molar-refractivity contribution in [3.05, 3.63) is 23.5 Å². The average Bonchev–Trinajstić information content (AvgIpc) is 2.15. The highest BCUT2D eigenvalue weighted by molar-refractivity contribution is 8.13. The van der Waals surface area contributed by atoms with Gasteiger partial charge in [-0.3, -0.25) is 4.98 Å². The Labute approximate surface area is 94.4 Å². The van der Waals surface area contributed by atoms with E-state index in [1.54, 1.807) is 0 Å². The van der Waals surface area contributed by atoms with Crippen molar-refractivity contribution in [3.63, 3.8) is 0 Å². The van der Waals surface area contributed by atoms with E-state index in [2.05, 4.69) is 4.98 Å². The van der Waals surface area contributed by atoms with E-state index in [0.29, 0.717) is 0 Å². The van der Waals surface area contributed by atoms with E-state index in [1.165, 1.54) is 0 Å². The quantitative estimate of drug-likeness (QED) is 0.630. The second-order valence-corrected chi connectivity index (χ2v) is 5.32. The van der Waals surface area contributed by atoms with Crippen LogP contribution in [0.4, 0.5) is 8.78 Å². The van der Waals surface area contributed by atoms with Gasteiger partial charge in [-0.1, -0.05) is 0 Å². The maximum atomic E-state index is 12.5. The fraction of sp³-hybridized carbons (Fsp3) is 0.286. The first-order valence-corrected chi connectivity index (χ1v) is 6.49. The molecule has 0 aliphatic heterocycles. The lowest BCUT2D eigenvalue weighted by atomic mass is 10.2. The van der Waals surface area contributed by atoms with Gasteiger partial charge in [0.15, 0.2) is 0 Å². The zero-order chi connectivity index (χ0) is 11.6. The largest absolute Gasteiger partial charge is 0.265 e. The molecule has 0 unspecified atom stereocenters. The van der Waals surface area contributed by atoms with Gasteiger partial charge in [0.05, 0.1) is 11.6 Å². The number of halogens is 4. The van der Waals surface area contributed by atoms with E-state index in [9.17, 15) is 17.2 Å². The van der Waals surface area contributed by atoms with Crippen LogP contribution in [-0.4, -0.2) is 13.4 Å². The second kappa shape index (κ2) is 4.59. The molecule has 0 bridgehead atoms. The number of rotatable bonds is 3. The maximum Gasteiger partial charge on any atom is 0.265 e. The van der Waals surface area contributed by atoms with Crippen molar-refractivity contribution >= 4 is 31.3 Å². The molecule has 1 aromatic heterocycles. The fourth-order valence-corrected chi connectivity index (χ4v) is 2.72. The van der Waals surface area contributed by atoms with Crippen LogP contribution in [0.3, 0.4) is 0 Å². The number of pyridine rings is 1. The summed E-state index contributed by atoms with van der Waals surface area (Å²) in [5.41, 5.74) is -0.861. The first kappa shape index (κ1) is 12.6. The molecule has 0 radical (unpaired) electrons. The summed E-state index contributed by atoms with van der Waals surface area (Å²) in [7, 11) is 0.756. The van der Waals surface area contributed by atoms with Gasteiger partial charge >= 0.3 is 0 Å². The Morgan fingerprint density at radius 2 is 2.07 bits per heavy atom. The highest BCUT2D eigenvalue weighted by atomic mass is 35.7. The molecular formula is C7H5Cl2F2NO2S. The Morgan fingerprint density at radius 1 is 1.47 bits per heavy atom. The summed E-state index contributed by atoms with van der Waals surface area (Å²) in [5, 5.41) is 0. The first-order chi connectivity index (χ1) is 6.88. The normalized spacial score (nSPS) is 12.1. The van der Waals surface area contributed by atoms with Crippen molar-refractivity contribution in [1.29, 1.82) is 0 Å². The van der Waals surface area contributed by atoms with Crippen molar-refractivity contribution in [2.75, 3.05) is 0 Å². The van der Waals surface area contributed by atoms with E-state index in [4.69, 9.17) is 22.3 Å². The van der Waals surface area contributed by atoms with Gasteiger partial charge in [0.2, 0.25) is 0 Å². The monoisotopic (exact) mass is 275 g/mol. The summed E-state index contributed by atoms with van der Waals surface area (Å²) in [5.74, 6) is -0.304. The van der Waals surface area contributed by atoms with Gasteiger partial charge in [0.1, 0.15) is 4.90 Å². The van der Waals surface area contributed by atoms with E-state index in [1.807, 2.05) is 0 Å². The maximum absolute atomic E-state index is 12.5. The number of nitrogens with zero attached hydrogens (tertiary/aromatic N) is 1. The van der Waals surface area contributed by atoms with Crippen LogP contribution < -0.4 is 0 Å². The molecular weight excluding hydrogens is 271 g/mol. The fourth-order valence-electron chi connectivity index (χ4n) is 1.06. The molecule has 0 saturated heterocycles. The molecule has 0 amide bonds. The van der Waals surface area contributed by atoms with Gasteiger partial charge in [0.25, 0.3) is 15.5 Å². The van der Waals surface area contributed by atoms with Crippen LogP contribution in [0.15, 0.2) is 17.2 Å². The Kier molecular flexibility index (Phi) is 3.86. The van der Waals surface area contributed by atoms with Gasteiger partial charge in [-0.2, -0.15) is 0 Å². The Bertz CT molecular complexity index is 464. The van der Waals surface area contributed by atoms with Gasteiger partial charge in [-0.25, -0.2) is 17.2 Å². The van der Waals surface area contributed by atoms with Crippen LogP contribution in [0.5, 0.6) is 0 Å². The third-order valence-electron chi connectivity index (χ3n) is 1.61. The minimum absolute atomic E-state index is 0.176. The van der Waals surface area contributed by atoms with Gasteiger partial charge in [-0.05, 0) is 6.07 Å². The van der Waals surface area contributed by atoms with Crippen LogP contribution in [0.1, 0.15) is 17.7 Å². The lowest BCUT2D eigenvalue weighted by Crippen LogP contribution is -2.05. The van der Waals surface area contributed by atoms with E-state index >= 15 is 0 Å². The molecule has 8 heteroatoms. The number of hydrogen-bond donors (Lipinski definition) is 0. The smallest absolute Gasteiger partial charge is 0.259 e. The lowest BCUT2D eigenvalue weighted by molar-refractivity contribution is 0.147. The second-order valence-electron chi connectivity index (χ2n) is 2.55. The molecule has 0 fully saturated rings. The molecule has 0 spiro atoms. The molecule has 3 nitrogen and oxygen atoms in total. The molecule has 0 aliphatic carbocycles. The highest BCUT2D eigenvalue weighted by Gasteiger charge is 2.25. The summed E-state index contributed by atoms with van der Waals surface area (Å²) in [4.78, 5) is 2.88. The van der Waals surface area contributed by atoms with E-state index in [0.717, 1.165) is 12.3 Å². The Hall–Kier alpha value is -0.460. The molecule has 0 aromatic carbocycles. The molecule has 1 aromatic rings. The topological polar surface area (TPSA) is 47.0 Å². The summed E-state index contributed by atoms with van der Waals surface area (Å²) >= 11 is 5.38. The van der Waals surface area contributed by atoms with Crippen molar-refractivity contribution in [1.82, 2.24) is 4.98 Å². The van der Waals surface area contributed by atoms with Crippen LogP contribution in [-0.2, 0) is 14.9 Å². The molecule has 0 aliphatic rings. The molecule has 0 N–H and O–H groups in total. The van der Waals surface area contributed by atoms with E-state index in [-0.39, 0.29) is 11.6 Å². The molecule has 84 valence electrons. The number of aromatic nitrogens is 1. The lowest BCUT2D eigenvalue weighted by Gasteiger charge is -2.08. The molecule has 15 heavy (non-hydrogen) atoms. The molecule has 0 saturated carbocycles. The average molecular weight is 276 g/mol. The SMILES string of the molecule is O=S(=O)(Cl)c1c(C(F)F)ccnc1CCl. The van der Waals surface area contributed by atoms with Crippen molar-refractivity contribution in [3.8, 4) is 0 Å². The first-order valence-electron chi connectivity index (χ1n) is 3.64. The summed E-state index contributed by atoms with van der Waals surface area (Å²) in [6.45, 7) is 0.